The van der Waals surface area contributed by atoms with Gasteiger partial charge >= 0.3 is 0 Å². The van der Waals surface area contributed by atoms with Crippen LogP contribution in [0.3, 0.4) is 0 Å². The smallest absolute Gasteiger partial charge is 0.264 e. The van der Waals surface area contributed by atoms with E-state index in [2.05, 4.69) is 5.32 Å². The summed E-state index contributed by atoms with van der Waals surface area (Å²) in [5.74, 6) is 0.177. The normalized spacial score (nSPS) is 11.8. The van der Waals surface area contributed by atoms with Crippen molar-refractivity contribution in [1.82, 2.24) is 10.2 Å². The molecule has 3 aromatic rings. The molecule has 220 valence electrons. The van der Waals surface area contributed by atoms with E-state index in [9.17, 15) is 18.0 Å². The summed E-state index contributed by atoms with van der Waals surface area (Å²) in [5, 5.41) is 3.13. The number of carbonyl (C=O) groups excluding carboxylic acids is 2. The Kier molecular flexibility index (Phi) is 10.8. The van der Waals surface area contributed by atoms with Gasteiger partial charge in [-0.2, -0.15) is 0 Å². The molecule has 0 saturated carbocycles. The highest BCUT2D eigenvalue weighted by atomic mass is 35.5. The van der Waals surface area contributed by atoms with Crippen LogP contribution in [-0.2, 0) is 26.2 Å². The average Bonchev–Trinajstić information content (AvgIpc) is 2.98. The largest absolute Gasteiger partial charge is 0.497 e. The van der Waals surface area contributed by atoms with Gasteiger partial charge in [-0.05, 0) is 67.9 Å². The lowest BCUT2D eigenvalue weighted by atomic mass is 10.1. The van der Waals surface area contributed by atoms with E-state index in [0.29, 0.717) is 28.6 Å². The average molecular weight is 604 g/mol. The molecule has 1 N–H and O–H groups in total. The van der Waals surface area contributed by atoms with Gasteiger partial charge in [-0.25, -0.2) is 8.42 Å². The number of likely N-dealkylation sites (N-methyl/N-ethyl adjacent to an activating group) is 1. The maximum Gasteiger partial charge on any atom is 0.264 e. The Bertz CT molecular complexity index is 1470. The van der Waals surface area contributed by atoms with E-state index in [1.54, 1.807) is 38.1 Å². The van der Waals surface area contributed by atoms with Crippen molar-refractivity contribution in [1.29, 1.82) is 0 Å². The minimum Gasteiger partial charge on any atom is -0.497 e. The lowest BCUT2D eigenvalue weighted by molar-refractivity contribution is -0.139. The number of hydrogen-bond acceptors (Lipinski definition) is 7. The zero-order valence-corrected chi connectivity index (χ0v) is 25.2. The molecular weight excluding hydrogens is 570 g/mol. The van der Waals surface area contributed by atoms with Gasteiger partial charge in [-0.1, -0.05) is 23.7 Å². The predicted molar refractivity (Wildman–Crippen MR) is 157 cm³/mol. The number of amides is 2. The molecule has 0 aliphatic rings. The fourth-order valence-corrected chi connectivity index (χ4v) is 5.67. The molecular formula is C29H34ClN3O7S. The van der Waals surface area contributed by atoms with Gasteiger partial charge in [-0.3, -0.25) is 13.9 Å². The van der Waals surface area contributed by atoms with Gasteiger partial charge in [0.2, 0.25) is 11.8 Å². The van der Waals surface area contributed by atoms with Crippen LogP contribution in [0.15, 0.2) is 71.6 Å². The van der Waals surface area contributed by atoms with Gasteiger partial charge in [0.25, 0.3) is 10.0 Å². The number of benzene rings is 3. The zero-order valence-electron chi connectivity index (χ0n) is 23.6. The Balaban J connectivity index is 2.07. The first-order valence-electron chi connectivity index (χ1n) is 12.8. The van der Waals surface area contributed by atoms with E-state index in [-0.39, 0.29) is 28.8 Å². The zero-order chi connectivity index (χ0) is 30.2. The maximum absolute atomic E-state index is 14.0. The fourth-order valence-electron chi connectivity index (χ4n) is 4.11. The monoisotopic (exact) mass is 603 g/mol. The Labute approximate surface area is 245 Å². The summed E-state index contributed by atoms with van der Waals surface area (Å²) >= 11 is 6.07. The quantitative estimate of drug-likeness (QED) is 0.313. The molecule has 12 heteroatoms. The van der Waals surface area contributed by atoms with Crippen molar-refractivity contribution in [3.05, 3.63) is 77.3 Å². The molecule has 3 aromatic carbocycles. The molecule has 0 saturated heterocycles. The van der Waals surface area contributed by atoms with Gasteiger partial charge in [0.1, 0.15) is 18.3 Å². The summed E-state index contributed by atoms with van der Waals surface area (Å²) in [6, 6.07) is 16.4. The van der Waals surface area contributed by atoms with E-state index in [0.717, 1.165) is 4.31 Å². The summed E-state index contributed by atoms with van der Waals surface area (Å²) < 4.78 is 44.9. The Morgan fingerprint density at radius 1 is 0.927 bits per heavy atom. The first-order chi connectivity index (χ1) is 19.5. The number of carbonyl (C=O) groups is 2. The van der Waals surface area contributed by atoms with Gasteiger partial charge in [0, 0.05) is 24.2 Å². The first-order valence-corrected chi connectivity index (χ1v) is 14.6. The number of methoxy groups -OCH3 is 3. The third-order valence-electron chi connectivity index (χ3n) is 6.34. The van der Waals surface area contributed by atoms with Crippen LogP contribution >= 0.6 is 11.6 Å². The van der Waals surface area contributed by atoms with Crippen LogP contribution in [0.5, 0.6) is 17.2 Å². The SMILES string of the molecule is CCNC(=O)C(C)N(Cc1cccc(OC)c1)C(=O)CN(c1ccc(Cl)cc1)S(=O)(=O)c1ccc(OC)c(OC)c1. The van der Waals surface area contributed by atoms with Gasteiger partial charge in [0.05, 0.1) is 31.9 Å². The fraction of sp³-hybridized carbons (Fsp3) is 0.310. The second-order valence-corrected chi connectivity index (χ2v) is 11.2. The molecule has 41 heavy (non-hydrogen) atoms. The third-order valence-corrected chi connectivity index (χ3v) is 8.36. The standard InChI is InChI=1S/C29H34ClN3O7S/c1-6-31-29(35)20(2)32(18-21-8-7-9-24(16-21)38-3)28(34)19-33(23-12-10-22(30)11-13-23)41(36,37)25-14-15-26(39-4)27(17-25)40-5/h7-17,20H,6,18-19H2,1-5H3,(H,31,35). The second kappa shape index (κ2) is 14.1. The van der Waals surface area contributed by atoms with Crippen molar-refractivity contribution in [3.63, 3.8) is 0 Å². The van der Waals surface area contributed by atoms with Gasteiger partial charge in [-0.15, -0.1) is 0 Å². The van der Waals surface area contributed by atoms with E-state index in [4.69, 9.17) is 25.8 Å². The predicted octanol–water partition coefficient (Wildman–Crippen LogP) is 4.11. The topological polar surface area (TPSA) is 114 Å². The van der Waals surface area contributed by atoms with Crippen LogP contribution in [0, 0.1) is 0 Å². The Morgan fingerprint density at radius 3 is 2.22 bits per heavy atom. The number of sulfonamides is 1. The summed E-state index contributed by atoms with van der Waals surface area (Å²) in [6.45, 7) is 3.19. The van der Waals surface area contributed by atoms with Crippen molar-refractivity contribution >= 4 is 39.1 Å². The van der Waals surface area contributed by atoms with Crippen molar-refractivity contribution in [2.24, 2.45) is 0 Å². The molecule has 3 rings (SSSR count). The molecule has 0 aliphatic carbocycles. The Morgan fingerprint density at radius 2 is 1.61 bits per heavy atom. The number of nitrogens with zero attached hydrogens (tertiary/aromatic N) is 2. The number of halogens is 1. The highest BCUT2D eigenvalue weighted by Gasteiger charge is 2.33. The van der Waals surface area contributed by atoms with Gasteiger partial charge in [0.15, 0.2) is 11.5 Å². The van der Waals surface area contributed by atoms with Crippen LogP contribution in [0.1, 0.15) is 19.4 Å². The molecule has 1 unspecified atom stereocenters. The van der Waals surface area contributed by atoms with Crippen LogP contribution in [0.25, 0.3) is 0 Å². The number of anilines is 1. The van der Waals surface area contributed by atoms with Gasteiger partial charge < -0.3 is 24.4 Å². The third kappa shape index (κ3) is 7.62. The van der Waals surface area contributed by atoms with E-state index in [1.165, 1.54) is 68.7 Å². The lowest BCUT2D eigenvalue weighted by Crippen LogP contribution is -2.51. The molecule has 10 nitrogen and oxygen atoms in total. The molecule has 0 radical (unpaired) electrons. The van der Waals surface area contributed by atoms with Crippen LogP contribution in [0.2, 0.25) is 5.02 Å². The molecule has 0 aromatic heterocycles. The molecule has 0 fully saturated rings. The Hall–Kier alpha value is -3.96. The summed E-state index contributed by atoms with van der Waals surface area (Å²) in [4.78, 5) is 28.0. The van der Waals surface area contributed by atoms with Crippen LogP contribution in [0.4, 0.5) is 5.69 Å². The second-order valence-electron chi connectivity index (χ2n) is 8.95. The minimum atomic E-state index is -4.31. The first kappa shape index (κ1) is 31.6. The maximum atomic E-state index is 14.0. The number of ether oxygens (including phenoxy) is 3. The minimum absolute atomic E-state index is 0.0409. The van der Waals surface area contributed by atoms with Crippen molar-refractivity contribution in [2.45, 2.75) is 31.3 Å². The van der Waals surface area contributed by atoms with E-state index in [1.807, 2.05) is 0 Å². The van der Waals surface area contributed by atoms with E-state index >= 15 is 0 Å². The number of hydrogen-bond donors (Lipinski definition) is 1. The van der Waals surface area contributed by atoms with E-state index < -0.39 is 28.5 Å². The highest BCUT2D eigenvalue weighted by molar-refractivity contribution is 7.92. The van der Waals surface area contributed by atoms with Crippen LogP contribution in [-0.4, -0.2) is 65.6 Å². The van der Waals surface area contributed by atoms with Crippen molar-refractivity contribution in [3.8, 4) is 17.2 Å². The number of nitrogens with one attached hydrogen (secondary N) is 1. The molecule has 1 atom stereocenters. The highest BCUT2D eigenvalue weighted by Crippen LogP contribution is 2.32. The molecule has 0 spiro atoms. The lowest BCUT2D eigenvalue weighted by Gasteiger charge is -2.32. The van der Waals surface area contributed by atoms with Crippen LogP contribution < -0.4 is 23.8 Å². The molecule has 0 aliphatic heterocycles. The van der Waals surface area contributed by atoms with Crippen molar-refractivity contribution in [2.75, 3.05) is 38.7 Å². The molecule has 0 bridgehead atoms. The summed E-state index contributed by atoms with van der Waals surface area (Å²) in [5.41, 5.74) is 0.916. The summed E-state index contributed by atoms with van der Waals surface area (Å²) in [7, 11) is 0.0626. The number of rotatable bonds is 13. The summed E-state index contributed by atoms with van der Waals surface area (Å²) in [6.07, 6.45) is 0. The molecule has 2 amide bonds. The molecule has 0 heterocycles. The van der Waals surface area contributed by atoms with Crippen molar-refractivity contribution < 1.29 is 32.2 Å².